The fourth-order valence-electron chi connectivity index (χ4n) is 0.429. The monoisotopic (exact) mass is 248 g/mol. The van der Waals surface area contributed by atoms with Crippen LogP contribution in [0.1, 0.15) is 0 Å². The van der Waals surface area contributed by atoms with Crippen LogP contribution in [0, 0.1) is 0 Å². The highest BCUT2D eigenvalue weighted by atomic mass is 16.7. The van der Waals surface area contributed by atoms with E-state index in [0.717, 1.165) is 12.2 Å². The summed E-state index contributed by atoms with van der Waals surface area (Å²) >= 11 is 0. The molecule has 0 fully saturated rings. The average molecular weight is 248 g/mol. The molecule has 0 aromatic carbocycles. The second kappa shape index (κ2) is 12.4. The van der Waals surface area contributed by atoms with E-state index in [1.54, 1.807) is 0 Å². The topological polar surface area (TPSA) is 113 Å². The van der Waals surface area contributed by atoms with Crippen LogP contribution in [0.15, 0.2) is 25.3 Å². The lowest BCUT2D eigenvalue weighted by Gasteiger charge is -2.09. The molecule has 0 heterocycles. The number of carbonyl (C=O) groups is 2. The van der Waals surface area contributed by atoms with E-state index >= 15 is 0 Å². The van der Waals surface area contributed by atoms with Crippen molar-refractivity contribution in [3.63, 3.8) is 0 Å². The molecule has 98 valence electrons. The van der Waals surface area contributed by atoms with Crippen LogP contribution in [0.2, 0.25) is 0 Å². The van der Waals surface area contributed by atoms with Gasteiger partial charge in [0.05, 0.1) is 13.2 Å². The van der Waals surface area contributed by atoms with Gasteiger partial charge in [-0.25, -0.2) is 9.59 Å². The highest BCUT2D eigenvalue weighted by Gasteiger charge is 2.09. The smallest absolute Gasteiger partial charge is 0.332 e. The lowest BCUT2D eigenvalue weighted by molar-refractivity contribution is -0.175. The number of esters is 2. The predicted octanol–water partition coefficient (Wildman–Crippen LogP) is -1.27. The Hall–Kier alpha value is -1.70. The van der Waals surface area contributed by atoms with Gasteiger partial charge in [0.1, 0.15) is 0 Å². The normalized spacial score (nSPS) is 10.3. The summed E-state index contributed by atoms with van der Waals surface area (Å²) < 4.78 is 8.66. The van der Waals surface area contributed by atoms with Crippen LogP contribution in [-0.2, 0) is 19.1 Å². The molecule has 7 heteroatoms. The van der Waals surface area contributed by atoms with Crippen LogP contribution in [0.25, 0.3) is 0 Å². The van der Waals surface area contributed by atoms with E-state index in [1.807, 2.05) is 0 Å². The minimum absolute atomic E-state index is 0.125. The molecule has 0 bridgehead atoms. The third-order valence-electron chi connectivity index (χ3n) is 1.05. The zero-order valence-electron chi connectivity index (χ0n) is 9.24. The van der Waals surface area contributed by atoms with Crippen LogP contribution in [-0.4, -0.2) is 53.4 Å². The summed E-state index contributed by atoms with van der Waals surface area (Å²) in [6.45, 7) is 5.57. The van der Waals surface area contributed by atoms with Gasteiger partial charge in [-0.15, -0.1) is 0 Å². The SMILES string of the molecule is C=CC(=O)OCC(O)OC(=O)C=C.OCCO. The quantitative estimate of drug-likeness (QED) is 0.305. The molecule has 0 aromatic rings. The van der Waals surface area contributed by atoms with Crippen molar-refractivity contribution in [2.45, 2.75) is 6.29 Å². The number of aliphatic hydroxyl groups is 3. The van der Waals surface area contributed by atoms with E-state index in [0.29, 0.717) is 0 Å². The average Bonchev–Trinajstić information content (AvgIpc) is 2.35. The first-order chi connectivity index (χ1) is 8.01. The minimum Gasteiger partial charge on any atom is -0.456 e. The second-order valence-electron chi connectivity index (χ2n) is 2.38. The number of carbonyl (C=O) groups excluding carboxylic acids is 2. The van der Waals surface area contributed by atoms with E-state index < -0.39 is 24.8 Å². The Bertz CT molecular complexity index is 247. The molecule has 0 rings (SSSR count). The molecule has 17 heavy (non-hydrogen) atoms. The molecule has 0 amide bonds. The van der Waals surface area contributed by atoms with Gasteiger partial charge in [-0.2, -0.15) is 0 Å². The first-order valence-corrected chi connectivity index (χ1v) is 4.53. The van der Waals surface area contributed by atoms with Crippen LogP contribution < -0.4 is 0 Å². The maximum Gasteiger partial charge on any atom is 0.332 e. The Balaban J connectivity index is 0. The molecule has 0 saturated heterocycles. The fourth-order valence-corrected chi connectivity index (χ4v) is 0.429. The van der Waals surface area contributed by atoms with E-state index in [9.17, 15) is 9.59 Å². The van der Waals surface area contributed by atoms with Gasteiger partial charge in [-0.3, -0.25) is 0 Å². The molecule has 0 aromatic heterocycles. The zero-order valence-corrected chi connectivity index (χ0v) is 9.24. The predicted molar refractivity (Wildman–Crippen MR) is 57.6 cm³/mol. The summed E-state index contributed by atoms with van der Waals surface area (Å²) in [5.41, 5.74) is 0. The van der Waals surface area contributed by atoms with Crippen molar-refractivity contribution in [1.29, 1.82) is 0 Å². The maximum atomic E-state index is 10.5. The van der Waals surface area contributed by atoms with Crippen molar-refractivity contribution in [2.75, 3.05) is 19.8 Å². The third kappa shape index (κ3) is 14.3. The van der Waals surface area contributed by atoms with E-state index in [2.05, 4.69) is 22.6 Å². The van der Waals surface area contributed by atoms with Crippen LogP contribution in [0.5, 0.6) is 0 Å². The Labute approximate surface area is 98.6 Å². The summed E-state index contributed by atoms with van der Waals surface area (Å²) in [4.78, 5) is 20.9. The van der Waals surface area contributed by atoms with Gasteiger partial charge in [-0.1, -0.05) is 13.2 Å². The first kappa shape index (κ1) is 17.7. The molecule has 0 spiro atoms. The maximum absolute atomic E-state index is 10.5. The van der Waals surface area contributed by atoms with Gasteiger partial charge in [0.15, 0.2) is 6.61 Å². The van der Waals surface area contributed by atoms with Gasteiger partial charge in [0.25, 0.3) is 0 Å². The summed E-state index contributed by atoms with van der Waals surface area (Å²) in [6.07, 6.45) is 0.343. The summed E-state index contributed by atoms with van der Waals surface area (Å²) in [5.74, 6) is -1.49. The molecule has 1 unspecified atom stereocenters. The van der Waals surface area contributed by atoms with Gasteiger partial charge in [0.2, 0.25) is 6.29 Å². The van der Waals surface area contributed by atoms with Crippen molar-refractivity contribution >= 4 is 11.9 Å². The molecule has 7 nitrogen and oxygen atoms in total. The van der Waals surface area contributed by atoms with E-state index in [-0.39, 0.29) is 13.2 Å². The number of hydrogen-bond acceptors (Lipinski definition) is 7. The van der Waals surface area contributed by atoms with Gasteiger partial charge >= 0.3 is 11.9 Å². The Kier molecular flexibility index (Phi) is 12.9. The highest BCUT2D eigenvalue weighted by Crippen LogP contribution is 1.91. The first-order valence-electron chi connectivity index (χ1n) is 4.53. The Morgan fingerprint density at radius 2 is 1.59 bits per heavy atom. The highest BCUT2D eigenvalue weighted by molar-refractivity contribution is 5.82. The van der Waals surface area contributed by atoms with Crippen molar-refractivity contribution < 1.29 is 34.4 Å². The van der Waals surface area contributed by atoms with Gasteiger partial charge in [0, 0.05) is 12.2 Å². The van der Waals surface area contributed by atoms with Crippen LogP contribution >= 0.6 is 0 Å². The van der Waals surface area contributed by atoms with E-state index in [4.69, 9.17) is 15.3 Å². The minimum atomic E-state index is -1.48. The molecule has 0 saturated carbocycles. The largest absolute Gasteiger partial charge is 0.456 e. The van der Waals surface area contributed by atoms with Crippen molar-refractivity contribution in [3.05, 3.63) is 25.3 Å². The number of ether oxygens (including phenoxy) is 2. The van der Waals surface area contributed by atoms with Crippen molar-refractivity contribution in [3.8, 4) is 0 Å². The van der Waals surface area contributed by atoms with Crippen LogP contribution in [0.4, 0.5) is 0 Å². The lowest BCUT2D eigenvalue weighted by Crippen LogP contribution is -2.23. The second-order valence-corrected chi connectivity index (χ2v) is 2.38. The zero-order chi connectivity index (χ0) is 13.7. The summed E-state index contributed by atoms with van der Waals surface area (Å²) in [5, 5.41) is 24.1. The number of aliphatic hydroxyl groups excluding tert-OH is 3. The van der Waals surface area contributed by atoms with Crippen LogP contribution in [0.3, 0.4) is 0 Å². The van der Waals surface area contributed by atoms with Gasteiger partial charge < -0.3 is 24.8 Å². The Morgan fingerprint density at radius 1 is 1.12 bits per heavy atom. The molecule has 0 aliphatic heterocycles. The fraction of sp³-hybridized carbons (Fsp3) is 0.400. The lowest BCUT2D eigenvalue weighted by atomic mass is 10.6. The van der Waals surface area contributed by atoms with Gasteiger partial charge in [-0.05, 0) is 0 Å². The van der Waals surface area contributed by atoms with E-state index in [1.165, 1.54) is 0 Å². The molecule has 0 radical (unpaired) electrons. The molecular weight excluding hydrogens is 232 g/mol. The summed E-state index contributed by atoms with van der Waals surface area (Å²) in [6, 6.07) is 0. The summed E-state index contributed by atoms with van der Waals surface area (Å²) in [7, 11) is 0. The number of rotatable bonds is 6. The standard InChI is InChI=1S/C8H10O5.C2H6O2/c1-3-6(9)12-5-8(11)13-7(10)4-2;3-1-2-4/h3-4,8,11H,1-2,5H2;3-4H,1-2H2. The van der Waals surface area contributed by atoms with Crippen molar-refractivity contribution in [2.24, 2.45) is 0 Å². The molecule has 1 atom stereocenters. The number of hydrogen-bond donors (Lipinski definition) is 3. The molecule has 3 N–H and O–H groups in total. The molecule has 0 aliphatic carbocycles. The third-order valence-corrected chi connectivity index (χ3v) is 1.05. The molecule has 0 aliphatic rings. The van der Waals surface area contributed by atoms with Crippen molar-refractivity contribution in [1.82, 2.24) is 0 Å². The molecular formula is C10H16O7. The Morgan fingerprint density at radius 3 is 1.94 bits per heavy atom.